The van der Waals surface area contributed by atoms with Crippen molar-refractivity contribution in [3.63, 3.8) is 0 Å². The van der Waals surface area contributed by atoms with Crippen LogP contribution < -0.4 is 29.7 Å². The van der Waals surface area contributed by atoms with Gasteiger partial charge in [0.25, 0.3) is 0 Å². The smallest absolute Gasteiger partial charge is 0.328 e. The monoisotopic (exact) mass is 717 g/mol. The Hall–Kier alpha value is -4.80. The third kappa shape index (κ3) is 7.98. The van der Waals surface area contributed by atoms with E-state index in [1.54, 1.807) is 30.2 Å². The molecule has 3 amide bonds. The van der Waals surface area contributed by atoms with Crippen LogP contribution in [0.5, 0.6) is 17.2 Å². The summed E-state index contributed by atoms with van der Waals surface area (Å²) in [5.74, 6) is 1.30. The summed E-state index contributed by atoms with van der Waals surface area (Å²) in [7, 11) is 3.10. The number of halogens is 2. The van der Waals surface area contributed by atoms with Crippen molar-refractivity contribution in [2.75, 3.05) is 70.3 Å². The lowest BCUT2D eigenvalue weighted by molar-refractivity contribution is -0.120. The van der Waals surface area contributed by atoms with E-state index in [4.69, 9.17) is 37.4 Å². The second-order valence-electron chi connectivity index (χ2n) is 12.0. The number of benzene rings is 3. The molecule has 50 heavy (non-hydrogen) atoms. The van der Waals surface area contributed by atoms with E-state index in [0.29, 0.717) is 74.7 Å². The van der Waals surface area contributed by atoms with Crippen LogP contribution in [0.3, 0.4) is 0 Å². The Balaban J connectivity index is 1.01. The highest BCUT2D eigenvalue weighted by Gasteiger charge is 2.24. The zero-order valence-electron chi connectivity index (χ0n) is 27.8. The van der Waals surface area contributed by atoms with E-state index in [0.717, 1.165) is 51.4 Å². The number of fused-ring (bicyclic) bond motifs is 1. The van der Waals surface area contributed by atoms with Gasteiger partial charge in [-0.05, 0) is 36.2 Å². The molecule has 0 atom stereocenters. The molecule has 6 rings (SSSR count). The largest absolute Gasteiger partial charge is 0.495 e. The van der Waals surface area contributed by atoms with Crippen molar-refractivity contribution < 1.29 is 23.8 Å². The normalized spacial score (nSPS) is 15.5. The number of carbonyl (C=O) groups is 2. The number of carbonyl (C=O) groups excluding carboxylic acids is 2. The average molecular weight is 719 g/mol. The first kappa shape index (κ1) is 35.0. The van der Waals surface area contributed by atoms with Crippen molar-refractivity contribution in [3.8, 4) is 23.3 Å². The summed E-state index contributed by atoms with van der Waals surface area (Å²) in [5, 5.41) is 16.9. The third-order valence-corrected chi connectivity index (χ3v) is 9.43. The van der Waals surface area contributed by atoms with Gasteiger partial charge in [-0.3, -0.25) is 24.9 Å². The second kappa shape index (κ2) is 15.8. The maximum Gasteiger partial charge on any atom is 0.328 e. The lowest BCUT2D eigenvalue weighted by Crippen LogP contribution is -2.49. The molecule has 12 nitrogen and oxygen atoms in total. The molecule has 2 saturated heterocycles. The predicted octanol–water partition coefficient (Wildman–Crippen LogP) is 6.21. The summed E-state index contributed by atoms with van der Waals surface area (Å²) in [6.07, 6.45) is 2.65. The van der Waals surface area contributed by atoms with E-state index in [1.807, 2.05) is 30.3 Å². The van der Waals surface area contributed by atoms with Gasteiger partial charge in [0.05, 0.1) is 53.3 Å². The molecule has 1 aromatic heterocycles. The summed E-state index contributed by atoms with van der Waals surface area (Å²) < 4.78 is 17.2. The number of nitriles is 1. The highest BCUT2D eigenvalue weighted by molar-refractivity contribution is 6.37. The Morgan fingerprint density at radius 1 is 0.920 bits per heavy atom. The summed E-state index contributed by atoms with van der Waals surface area (Å²) in [4.78, 5) is 34.6. The van der Waals surface area contributed by atoms with Crippen LogP contribution in [-0.4, -0.2) is 86.8 Å². The Morgan fingerprint density at radius 2 is 1.66 bits per heavy atom. The van der Waals surface area contributed by atoms with Crippen molar-refractivity contribution in [1.82, 2.24) is 20.1 Å². The number of imide groups is 1. The zero-order chi connectivity index (χ0) is 35.2. The van der Waals surface area contributed by atoms with E-state index >= 15 is 0 Å². The molecule has 14 heteroatoms. The molecule has 0 aliphatic carbocycles. The number of hydrogen-bond acceptors (Lipinski definition) is 10. The van der Waals surface area contributed by atoms with Gasteiger partial charge >= 0.3 is 6.03 Å². The fourth-order valence-corrected chi connectivity index (χ4v) is 6.61. The van der Waals surface area contributed by atoms with Gasteiger partial charge in [-0.25, -0.2) is 4.79 Å². The third-order valence-electron chi connectivity index (χ3n) is 8.82. The number of nitrogens with zero attached hydrogens (tertiary/aromatic N) is 5. The molecule has 2 aliphatic rings. The summed E-state index contributed by atoms with van der Waals surface area (Å²) in [6.45, 7) is 6.47. The van der Waals surface area contributed by atoms with Gasteiger partial charge in [-0.2, -0.15) is 5.26 Å². The summed E-state index contributed by atoms with van der Waals surface area (Å²) in [5.41, 5.74) is 3.98. The van der Waals surface area contributed by atoms with Gasteiger partial charge in [0.1, 0.15) is 11.8 Å². The Kier molecular flexibility index (Phi) is 11.1. The fourth-order valence-electron chi connectivity index (χ4n) is 6.10. The number of rotatable bonds is 12. The molecule has 0 bridgehead atoms. The lowest BCUT2D eigenvalue weighted by atomic mass is 10.1. The molecule has 0 radical (unpaired) electrons. The quantitative estimate of drug-likeness (QED) is 0.163. The topological polar surface area (TPSA) is 132 Å². The van der Waals surface area contributed by atoms with E-state index in [2.05, 4.69) is 31.5 Å². The minimum Gasteiger partial charge on any atom is -0.495 e. The molecule has 4 aromatic rings. The molecule has 260 valence electrons. The van der Waals surface area contributed by atoms with Crippen LogP contribution in [0.1, 0.15) is 24.0 Å². The molecule has 0 saturated carbocycles. The van der Waals surface area contributed by atoms with Crippen LogP contribution in [0, 0.1) is 11.3 Å². The van der Waals surface area contributed by atoms with Gasteiger partial charge in [0.15, 0.2) is 11.5 Å². The standard InChI is InChI=1S/C36H37Cl2N7O5/c1-48-31-19-30(27(37)17-28(31)38)41-35-24(20-39)21-40-29-18-33(32(49-2)16-26(29)35)50-15-3-9-43-11-13-44(14-12-43)22-23-4-6-25(7-5-23)45-10-8-34(46)42-36(45)47/h4-7,16-19,21H,3,8-15,22H2,1-2H3,(H,40,41)(H,42,46,47). The number of amides is 3. The molecule has 2 N–H and O–H groups in total. The van der Waals surface area contributed by atoms with Gasteiger partial charge in [0, 0.05) is 81.6 Å². The van der Waals surface area contributed by atoms with Gasteiger partial charge in [0.2, 0.25) is 5.91 Å². The number of hydrogen-bond donors (Lipinski definition) is 2. The first-order valence-electron chi connectivity index (χ1n) is 16.2. The van der Waals surface area contributed by atoms with Crippen molar-refractivity contribution in [1.29, 1.82) is 5.26 Å². The summed E-state index contributed by atoms with van der Waals surface area (Å²) >= 11 is 12.7. The molecule has 0 spiro atoms. The molecular weight excluding hydrogens is 681 g/mol. The van der Waals surface area contributed by atoms with Crippen LogP contribution in [0.15, 0.2) is 54.7 Å². The molecule has 3 heterocycles. The number of urea groups is 1. The maximum atomic E-state index is 12.1. The molecule has 3 aromatic carbocycles. The Morgan fingerprint density at radius 3 is 2.36 bits per heavy atom. The van der Waals surface area contributed by atoms with Crippen LogP contribution in [-0.2, 0) is 11.3 Å². The molecule has 2 fully saturated rings. The zero-order valence-corrected chi connectivity index (χ0v) is 29.3. The minimum absolute atomic E-state index is 0.235. The van der Waals surface area contributed by atoms with Crippen LogP contribution >= 0.6 is 23.2 Å². The number of methoxy groups -OCH3 is 2. The van der Waals surface area contributed by atoms with Crippen LogP contribution in [0.25, 0.3) is 10.9 Å². The van der Waals surface area contributed by atoms with Crippen LogP contribution in [0.4, 0.5) is 21.9 Å². The highest BCUT2D eigenvalue weighted by atomic mass is 35.5. The summed E-state index contributed by atoms with van der Waals surface area (Å²) in [6, 6.07) is 16.7. The first-order chi connectivity index (χ1) is 24.3. The van der Waals surface area contributed by atoms with E-state index in [9.17, 15) is 14.9 Å². The number of pyridine rings is 1. The Bertz CT molecular complexity index is 1930. The minimum atomic E-state index is -0.371. The van der Waals surface area contributed by atoms with Crippen molar-refractivity contribution in [2.24, 2.45) is 0 Å². The predicted molar refractivity (Wildman–Crippen MR) is 193 cm³/mol. The molecule has 2 aliphatic heterocycles. The van der Waals surface area contributed by atoms with Crippen molar-refractivity contribution in [2.45, 2.75) is 19.4 Å². The van der Waals surface area contributed by atoms with Crippen molar-refractivity contribution in [3.05, 3.63) is 75.9 Å². The number of aromatic nitrogens is 1. The van der Waals surface area contributed by atoms with E-state index in [1.165, 1.54) is 18.9 Å². The number of nitrogens with one attached hydrogen (secondary N) is 2. The molecular formula is C36H37Cl2N7O5. The fraction of sp³-hybridized carbons (Fsp3) is 0.333. The van der Waals surface area contributed by atoms with Crippen LogP contribution in [0.2, 0.25) is 10.0 Å². The molecule has 0 unspecified atom stereocenters. The SMILES string of the molecule is COc1cc(Nc2c(C#N)cnc3cc(OCCCN4CCN(Cc5ccc(N6CCC(=O)NC6=O)cc5)CC4)c(OC)cc23)c(Cl)cc1Cl. The van der Waals surface area contributed by atoms with Gasteiger partial charge < -0.3 is 24.4 Å². The second-order valence-corrected chi connectivity index (χ2v) is 12.8. The van der Waals surface area contributed by atoms with Gasteiger partial charge in [-0.1, -0.05) is 35.3 Å². The number of anilines is 3. The van der Waals surface area contributed by atoms with Crippen molar-refractivity contribution >= 4 is 63.1 Å². The highest BCUT2D eigenvalue weighted by Crippen LogP contribution is 2.40. The first-order valence-corrected chi connectivity index (χ1v) is 17.0. The Labute approximate surface area is 300 Å². The van der Waals surface area contributed by atoms with E-state index < -0.39 is 0 Å². The van der Waals surface area contributed by atoms with Gasteiger partial charge in [-0.15, -0.1) is 0 Å². The lowest BCUT2D eigenvalue weighted by Gasteiger charge is -2.34. The van der Waals surface area contributed by atoms with E-state index in [-0.39, 0.29) is 11.9 Å². The number of piperazine rings is 1. The average Bonchev–Trinajstić information content (AvgIpc) is 3.12. The number of ether oxygens (including phenoxy) is 3. The maximum absolute atomic E-state index is 12.1.